The number of nitrogens with one attached hydrogen (secondary N) is 2. The molecule has 0 fully saturated rings. The molecule has 3 aromatic carbocycles. The first-order valence-corrected chi connectivity index (χ1v) is 12.8. The quantitative estimate of drug-likeness (QED) is 0.197. The molecule has 0 radical (unpaired) electrons. The number of hydrogen-bond acceptors (Lipinski definition) is 8. The molecule has 0 bridgehead atoms. The third kappa shape index (κ3) is 7.85. The number of aliphatic hydroxyl groups excluding tert-OH is 1. The Morgan fingerprint density at radius 1 is 0.946 bits per heavy atom. The lowest BCUT2D eigenvalue weighted by atomic mass is 10.1. The van der Waals surface area contributed by atoms with Crippen LogP contribution < -0.4 is 24.6 Å². The van der Waals surface area contributed by atoms with Crippen molar-refractivity contribution in [1.82, 2.24) is 10.3 Å². The van der Waals surface area contributed by atoms with Crippen LogP contribution in [-0.4, -0.2) is 48.0 Å². The van der Waals surface area contributed by atoms with Crippen LogP contribution in [-0.2, 0) is 13.0 Å². The van der Waals surface area contributed by atoms with E-state index < -0.39 is 6.10 Å². The summed E-state index contributed by atoms with van der Waals surface area (Å²) in [5.41, 5.74) is 3.11. The van der Waals surface area contributed by atoms with Crippen LogP contribution in [0.2, 0.25) is 0 Å². The molecule has 1 atom stereocenters. The fourth-order valence-corrected chi connectivity index (χ4v) is 4.38. The minimum Gasteiger partial charge on any atom is -0.492 e. The summed E-state index contributed by atoms with van der Waals surface area (Å²) < 4.78 is 11.5. The Morgan fingerprint density at radius 2 is 1.62 bits per heavy atom. The summed E-state index contributed by atoms with van der Waals surface area (Å²) in [5.74, 6) is 1.31. The zero-order chi connectivity index (χ0) is 26.0. The van der Waals surface area contributed by atoms with Gasteiger partial charge in [0.1, 0.15) is 30.8 Å². The van der Waals surface area contributed by atoms with Gasteiger partial charge in [-0.15, -0.1) is 0 Å². The molecule has 4 N–H and O–H groups in total. The van der Waals surface area contributed by atoms with Gasteiger partial charge in [0.2, 0.25) is 5.88 Å². The fraction of sp³-hybridized carbons (Fsp3) is 0.250. The lowest BCUT2D eigenvalue weighted by Crippen LogP contribution is -2.32. The molecular weight excluding hydrogens is 490 g/mol. The molecule has 0 aliphatic heterocycles. The molecule has 1 aromatic heterocycles. The van der Waals surface area contributed by atoms with Gasteiger partial charge in [0.15, 0.2) is 5.00 Å². The van der Waals surface area contributed by atoms with Gasteiger partial charge in [0, 0.05) is 19.3 Å². The lowest BCUT2D eigenvalue weighted by Gasteiger charge is -2.17. The van der Waals surface area contributed by atoms with Gasteiger partial charge in [-0.25, -0.2) is 0 Å². The van der Waals surface area contributed by atoms with Gasteiger partial charge in [0.25, 0.3) is 0 Å². The van der Waals surface area contributed by atoms with E-state index in [2.05, 4.69) is 10.3 Å². The van der Waals surface area contributed by atoms with Crippen molar-refractivity contribution >= 4 is 22.0 Å². The Balaban J connectivity index is 1.13. The second-order valence-electron chi connectivity index (χ2n) is 8.56. The van der Waals surface area contributed by atoms with Crippen molar-refractivity contribution < 1.29 is 19.7 Å². The highest BCUT2D eigenvalue weighted by molar-refractivity contribution is 7.13. The molecule has 4 aromatic rings. The predicted molar refractivity (Wildman–Crippen MR) is 146 cm³/mol. The van der Waals surface area contributed by atoms with Gasteiger partial charge in [-0.3, -0.25) is 9.78 Å². The minimum atomic E-state index is -0.633. The van der Waals surface area contributed by atoms with Crippen molar-refractivity contribution in [3.8, 4) is 17.4 Å². The van der Waals surface area contributed by atoms with Crippen molar-refractivity contribution in [1.29, 1.82) is 0 Å². The molecule has 4 rings (SSSR count). The van der Waals surface area contributed by atoms with Gasteiger partial charge in [-0.2, -0.15) is 0 Å². The van der Waals surface area contributed by atoms with E-state index in [9.17, 15) is 15.0 Å². The summed E-state index contributed by atoms with van der Waals surface area (Å²) in [5, 5.41) is 23.8. The van der Waals surface area contributed by atoms with Crippen molar-refractivity contribution in [2.24, 2.45) is 0 Å². The van der Waals surface area contributed by atoms with Gasteiger partial charge >= 0.3 is 4.87 Å². The number of rotatable bonds is 13. The molecule has 0 aliphatic rings. The van der Waals surface area contributed by atoms with Gasteiger partial charge in [-0.1, -0.05) is 53.8 Å². The smallest absolute Gasteiger partial charge is 0.309 e. The largest absolute Gasteiger partial charge is 0.492 e. The van der Waals surface area contributed by atoms with Crippen molar-refractivity contribution in [3.63, 3.8) is 0 Å². The Bertz CT molecular complexity index is 1290. The Labute approximate surface area is 219 Å². The molecule has 8 nitrogen and oxygen atoms in total. The Morgan fingerprint density at radius 3 is 2.27 bits per heavy atom. The number of hydrogen-bond donors (Lipinski definition) is 4. The number of aromatic hydroxyl groups is 1. The summed E-state index contributed by atoms with van der Waals surface area (Å²) in [6.45, 7) is 1.83. The third-order valence-electron chi connectivity index (χ3n) is 5.73. The molecule has 0 saturated heterocycles. The zero-order valence-corrected chi connectivity index (χ0v) is 21.4. The van der Waals surface area contributed by atoms with E-state index >= 15 is 0 Å². The standard InChI is InChI=1S/C28H31N3O5S/c1-31(27-26(33)30-28(34)37-27)22-9-7-20(8-10-22)15-16-29-17-23(32)19-36-25-13-11-24(12-14-25)35-18-21-5-3-2-4-6-21/h2-14,23,29,32-33H,15-19H2,1H3,(H,30,34)/t23-/m0/s1. The average Bonchev–Trinajstić information content (AvgIpc) is 3.27. The number of aliphatic hydroxyl groups is 1. The number of nitrogens with zero attached hydrogens (tertiary/aromatic N) is 1. The van der Waals surface area contributed by atoms with Crippen molar-refractivity contribution in [2.75, 3.05) is 31.6 Å². The topological polar surface area (TPSA) is 107 Å². The number of benzene rings is 3. The maximum atomic E-state index is 11.4. The lowest BCUT2D eigenvalue weighted by molar-refractivity contribution is 0.106. The van der Waals surface area contributed by atoms with Crippen LogP contribution in [0.25, 0.3) is 0 Å². The number of aromatic nitrogens is 1. The van der Waals surface area contributed by atoms with E-state index in [-0.39, 0.29) is 17.4 Å². The average molecular weight is 522 g/mol. The summed E-state index contributed by atoms with van der Waals surface area (Å²) in [7, 11) is 1.80. The SMILES string of the molecule is CN(c1ccc(CCNC[C@H](O)COc2ccc(OCc3ccccc3)cc2)cc1)c1sc(=O)[nH]c1O. The number of H-pyrrole nitrogens is 1. The van der Waals surface area contributed by atoms with Gasteiger partial charge < -0.3 is 29.9 Å². The molecule has 0 aliphatic carbocycles. The number of aromatic amines is 1. The molecular formula is C28H31N3O5S. The first-order chi connectivity index (χ1) is 18.0. The molecule has 0 spiro atoms. The fourth-order valence-electron chi connectivity index (χ4n) is 3.67. The second-order valence-corrected chi connectivity index (χ2v) is 9.52. The van der Waals surface area contributed by atoms with E-state index in [1.807, 2.05) is 78.9 Å². The van der Waals surface area contributed by atoms with E-state index in [4.69, 9.17) is 9.47 Å². The molecule has 1 heterocycles. The second kappa shape index (κ2) is 13.0. The van der Waals surface area contributed by atoms with Crippen LogP contribution in [0.5, 0.6) is 17.4 Å². The Hall–Kier alpha value is -3.79. The van der Waals surface area contributed by atoms with Crippen LogP contribution in [0, 0.1) is 0 Å². The van der Waals surface area contributed by atoms with Crippen molar-refractivity contribution in [3.05, 3.63) is 99.7 Å². The molecule has 37 heavy (non-hydrogen) atoms. The van der Waals surface area contributed by atoms with Crippen LogP contribution in [0.4, 0.5) is 10.7 Å². The van der Waals surface area contributed by atoms with Crippen LogP contribution in [0.3, 0.4) is 0 Å². The molecule has 194 valence electrons. The number of ether oxygens (including phenoxy) is 2. The molecule has 0 amide bonds. The Kier molecular flexibility index (Phi) is 9.20. The van der Waals surface area contributed by atoms with Gasteiger partial charge in [0.05, 0.1) is 0 Å². The van der Waals surface area contributed by atoms with Crippen LogP contribution in [0.15, 0.2) is 83.7 Å². The number of anilines is 2. The van der Waals surface area contributed by atoms with Crippen LogP contribution in [0.1, 0.15) is 11.1 Å². The third-order valence-corrected chi connectivity index (χ3v) is 6.67. The van der Waals surface area contributed by atoms with Gasteiger partial charge in [-0.05, 0) is 60.5 Å². The van der Waals surface area contributed by atoms with E-state index in [0.717, 1.165) is 40.3 Å². The number of thiazole rings is 1. The highest BCUT2D eigenvalue weighted by Gasteiger charge is 2.13. The molecule has 0 unspecified atom stereocenters. The van der Waals surface area contributed by atoms with E-state index in [1.165, 1.54) is 0 Å². The normalized spacial score (nSPS) is 11.7. The predicted octanol–water partition coefficient (Wildman–Crippen LogP) is 4.06. The first kappa shape index (κ1) is 26.3. The summed E-state index contributed by atoms with van der Waals surface area (Å²) in [6.07, 6.45) is 0.163. The highest BCUT2D eigenvalue weighted by Crippen LogP contribution is 2.32. The molecule has 9 heteroatoms. The van der Waals surface area contributed by atoms with Crippen molar-refractivity contribution in [2.45, 2.75) is 19.1 Å². The molecule has 0 saturated carbocycles. The highest BCUT2D eigenvalue weighted by atomic mass is 32.1. The zero-order valence-electron chi connectivity index (χ0n) is 20.6. The van der Waals surface area contributed by atoms with Crippen LogP contribution >= 0.6 is 11.3 Å². The summed E-state index contributed by atoms with van der Waals surface area (Å²) >= 11 is 0.960. The minimum absolute atomic E-state index is 0.127. The summed E-state index contributed by atoms with van der Waals surface area (Å²) in [4.78, 5) is 15.3. The van der Waals surface area contributed by atoms with E-state index in [0.29, 0.717) is 30.4 Å². The van der Waals surface area contributed by atoms with E-state index in [1.54, 1.807) is 11.9 Å². The summed E-state index contributed by atoms with van der Waals surface area (Å²) in [6, 6.07) is 25.3. The monoisotopic (exact) mass is 521 g/mol. The maximum Gasteiger partial charge on any atom is 0.309 e. The maximum absolute atomic E-state index is 11.4. The first-order valence-electron chi connectivity index (χ1n) is 12.0.